The molecule has 0 spiro atoms. The van der Waals surface area contributed by atoms with Crippen LogP contribution in [0.5, 0.6) is 0 Å². The number of rotatable bonds is 3. The molecule has 0 bridgehead atoms. The molecule has 0 unspecified atom stereocenters. The normalized spacial score (nSPS) is 16.6. The fraction of sp³-hybridized carbons (Fsp3) is 0.500. The monoisotopic (exact) mass is 308 g/mol. The Balaban J connectivity index is 2.23. The molecule has 7 heteroatoms. The molecule has 112 valence electrons. The maximum atomic E-state index is 12.6. The first-order valence-corrected chi connectivity index (χ1v) is 7.43. The van der Waals surface area contributed by atoms with E-state index in [0.29, 0.717) is 16.7 Å². The number of aliphatic hydroxyl groups is 1. The van der Waals surface area contributed by atoms with Crippen molar-refractivity contribution >= 4 is 28.3 Å². The highest BCUT2D eigenvalue weighted by Gasteiger charge is 2.20. The molecule has 0 aliphatic carbocycles. The van der Waals surface area contributed by atoms with Gasteiger partial charge in [-0.3, -0.25) is 9.36 Å². The molecule has 0 radical (unpaired) electrons. The van der Waals surface area contributed by atoms with Crippen molar-refractivity contribution in [1.82, 2.24) is 14.5 Å². The topological polar surface area (TPSA) is 71.2 Å². The molecular weight excluding hydrogens is 292 g/mol. The third-order valence-corrected chi connectivity index (χ3v) is 4.06. The molecule has 2 aromatic rings. The number of halogens is 1. The van der Waals surface area contributed by atoms with E-state index in [-0.39, 0.29) is 23.4 Å². The molecule has 1 atom stereocenters. The van der Waals surface area contributed by atoms with Crippen molar-refractivity contribution < 1.29 is 5.11 Å². The standard InChI is InChI=1S/C14H17ClN4O2/c1-9(7-20)19-8-16-12-10(14(19)21)6-11(15)17-13(12)18-4-2-3-5-18/h6,8-9,20H,2-5,7H2,1H3/t9-/m0/s1. The van der Waals surface area contributed by atoms with E-state index in [0.717, 1.165) is 25.9 Å². The van der Waals surface area contributed by atoms with E-state index >= 15 is 0 Å². The summed E-state index contributed by atoms with van der Waals surface area (Å²) in [5, 5.41) is 9.97. The Hall–Kier alpha value is -1.66. The van der Waals surface area contributed by atoms with Crippen molar-refractivity contribution in [2.45, 2.75) is 25.8 Å². The number of hydrogen-bond donors (Lipinski definition) is 1. The maximum Gasteiger partial charge on any atom is 0.261 e. The van der Waals surface area contributed by atoms with Crippen LogP contribution < -0.4 is 10.5 Å². The minimum absolute atomic E-state index is 0.120. The zero-order valence-electron chi connectivity index (χ0n) is 11.8. The molecular formula is C14H17ClN4O2. The Morgan fingerprint density at radius 2 is 2.14 bits per heavy atom. The fourth-order valence-electron chi connectivity index (χ4n) is 2.65. The van der Waals surface area contributed by atoms with Gasteiger partial charge in [0.2, 0.25) is 0 Å². The Morgan fingerprint density at radius 3 is 2.81 bits per heavy atom. The van der Waals surface area contributed by atoms with Crippen molar-refractivity contribution in [3.63, 3.8) is 0 Å². The minimum Gasteiger partial charge on any atom is -0.394 e. The van der Waals surface area contributed by atoms with Gasteiger partial charge in [-0.05, 0) is 25.8 Å². The summed E-state index contributed by atoms with van der Waals surface area (Å²) in [5.41, 5.74) is 0.374. The lowest BCUT2D eigenvalue weighted by Gasteiger charge is -2.19. The van der Waals surface area contributed by atoms with E-state index in [1.165, 1.54) is 10.9 Å². The highest BCUT2D eigenvalue weighted by Crippen LogP contribution is 2.27. The van der Waals surface area contributed by atoms with Gasteiger partial charge in [-0.15, -0.1) is 0 Å². The van der Waals surface area contributed by atoms with Gasteiger partial charge < -0.3 is 10.0 Å². The number of aliphatic hydroxyl groups excluding tert-OH is 1. The summed E-state index contributed by atoms with van der Waals surface area (Å²) in [5.74, 6) is 0.677. The maximum absolute atomic E-state index is 12.6. The molecule has 3 heterocycles. The number of fused-ring (bicyclic) bond motifs is 1. The zero-order chi connectivity index (χ0) is 15.0. The quantitative estimate of drug-likeness (QED) is 0.872. The Kier molecular flexibility index (Phi) is 3.82. The van der Waals surface area contributed by atoms with Crippen molar-refractivity contribution in [3.8, 4) is 0 Å². The van der Waals surface area contributed by atoms with Crippen LogP contribution in [0.2, 0.25) is 5.15 Å². The molecule has 1 aliphatic heterocycles. The molecule has 21 heavy (non-hydrogen) atoms. The molecule has 0 saturated carbocycles. The molecule has 1 fully saturated rings. The second kappa shape index (κ2) is 5.61. The third kappa shape index (κ3) is 2.49. The van der Waals surface area contributed by atoms with E-state index < -0.39 is 0 Å². The summed E-state index contributed by atoms with van der Waals surface area (Å²) in [7, 11) is 0. The molecule has 1 N–H and O–H groups in total. The third-order valence-electron chi connectivity index (χ3n) is 3.86. The minimum atomic E-state index is -0.323. The molecule has 6 nitrogen and oxygen atoms in total. The van der Waals surface area contributed by atoms with Gasteiger partial charge in [0.1, 0.15) is 10.7 Å². The molecule has 1 saturated heterocycles. The second-order valence-electron chi connectivity index (χ2n) is 5.35. The van der Waals surface area contributed by atoms with Crippen LogP contribution in [0, 0.1) is 0 Å². The van der Waals surface area contributed by atoms with Gasteiger partial charge in [-0.2, -0.15) is 0 Å². The summed E-state index contributed by atoms with van der Waals surface area (Å²) in [6.07, 6.45) is 3.68. The predicted octanol–water partition coefficient (Wildman–Crippen LogP) is 1.60. The number of hydrogen-bond acceptors (Lipinski definition) is 5. The van der Waals surface area contributed by atoms with E-state index in [4.69, 9.17) is 11.6 Å². The first kappa shape index (κ1) is 14.3. The summed E-state index contributed by atoms with van der Waals surface area (Å²) in [4.78, 5) is 23.4. The van der Waals surface area contributed by atoms with Crippen LogP contribution in [0.1, 0.15) is 25.8 Å². The van der Waals surface area contributed by atoms with Gasteiger partial charge in [0.25, 0.3) is 5.56 Å². The smallest absolute Gasteiger partial charge is 0.261 e. The van der Waals surface area contributed by atoms with Crippen molar-refractivity contribution in [3.05, 3.63) is 27.9 Å². The average molecular weight is 309 g/mol. The summed E-state index contributed by atoms with van der Waals surface area (Å²) < 4.78 is 1.42. The SMILES string of the molecule is C[C@@H](CO)n1cnc2c(N3CCCC3)nc(Cl)cc2c1=O. The van der Waals surface area contributed by atoms with E-state index in [9.17, 15) is 9.90 Å². The molecule has 2 aromatic heterocycles. The summed E-state index contributed by atoms with van der Waals surface area (Å²) >= 11 is 6.08. The zero-order valence-corrected chi connectivity index (χ0v) is 12.5. The largest absolute Gasteiger partial charge is 0.394 e. The van der Waals surface area contributed by atoms with Crippen LogP contribution in [0.4, 0.5) is 5.82 Å². The van der Waals surface area contributed by atoms with Crippen LogP contribution in [0.25, 0.3) is 10.9 Å². The van der Waals surface area contributed by atoms with Crippen LogP contribution >= 0.6 is 11.6 Å². The average Bonchev–Trinajstić information content (AvgIpc) is 3.01. The van der Waals surface area contributed by atoms with Gasteiger partial charge >= 0.3 is 0 Å². The van der Waals surface area contributed by atoms with Crippen LogP contribution in [0.3, 0.4) is 0 Å². The molecule has 0 amide bonds. The summed E-state index contributed by atoms with van der Waals surface area (Å²) in [6.45, 7) is 3.45. The number of pyridine rings is 1. The highest BCUT2D eigenvalue weighted by atomic mass is 35.5. The second-order valence-corrected chi connectivity index (χ2v) is 5.73. The number of aromatic nitrogens is 3. The molecule has 0 aromatic carbocycles. The van der Waals surface area contributed by atoms with E-state index in [2.05, 4.69) is 14.9 Å². The van der Waals surface area contributed by atoms with Gasteiger partial charge in [-0.1, -0.05) is 11.6 Å². The first-order chi connectivity index (χ1) is 10.1. The Labute approximate surface area is 127 Å². The van der Waals surface area contributed by atoms with Crippen molar-refractivity contribution in [2.75, 3.05) is 24.6 Å². The number of nitrogens with zero attached hydrogens (tertiary/aromatic N) is 4. The molecule has 3 rings (SSSR count). The van der Waals surface area contributed by atoms with Crippen molar-refractivity contribution in [1.29, 1.82) is 0 Å². The Bertz CT molecular complexity index is 725. The highest BCUT2D eigenvalue weighted by molar-refractivity contribution is 6.30. The van der Waals surface area contributed by atoms with Crippen LogP contribution in [-0.4, -0.2) is 39.3 Å². The predicted molar refractivity (Wildman–Crippen MR) is 82.1 cm³/mol. The van der Waals surface area contributed by atoms with E-state index in [1.807, 2.05) is 0 Å². The first-order valence-electron chi connectivity index (χ1n) is 7.05. The Morgan fingerprint density at radius 1 is 1.43 bits per heavy atom. The van der Waals surface area contributed by atoms with Gasteiger partial charge in [0.05, 0.1) is 24.4 Å². The van der Waals surface area contributed by atoms with Gasteiger partial charge in [0, 0.05) is 13.1 Å². The van der Waals surface area contributed by atoms with Crippen LogP contribution in [-0.2, 0) is 0 Å². The lowest BCUT2D eigenvalue weighted by Crippen LogP contribution is -2.27. The lowest BCUT2D eigenvalue weighted by atomic mass is 10.2. The number of anilines is 1. The van der Waals surface area contributed by atoms with Gasteiger partial charge in [-0.25, -0.2) is 9.97 Å². The van der Waals surface area contributed by atoms with E-state index in [1.54, 1.807) is 13.0 Å². The van der Waals surface area contributed by atoms with Crippen molar-refractivity contribution in [2.24, 2.45) is 0 Å². The fourth-order valence-corrected chi connectivity index (χ4v) is 2.84. The van der Waals surface area contributed by atoms with Gasteiger partial charge in [0.15, 0.2) is 5.82 Å². The molecule has 1 aliphatic rings. The summed E-state index contributed by atoms with van der Waals surface area (Å²) in [6, 6.07) is 1.23. The van der Waals surface area contributed by atoms with Crippen LogP contribution in [0.15, 0.2) is 17.2 Å². The lowest BCUT2D eigenvalue weighted by molar-refractivity contribution is 0.236.